The quantitative estimate of drug-likeness (QED) is 0.454. The molecule has 0 aliphatic heterocycles. The van der Waals surface area contributed by atoms with Crippen molar-refractivity contribution in [1.82, 2.24) is 0 Å². The van der Waals surface area contributed by atoms with Gasteiger partial charge in [-0.15, -0.1) is 0 Å². The van der Waals surface area contributed by atoms with Crippen LogP contribution in [0.15, 0.2) is 16.3 Å². The molecule has 2 nitrogen and oxygen atoms in total. The third kappa shape index (κ3) is 13.3. The molecule has 0 N–H and O–H groups in total. The molecule has 0 aromatic heterocycles. The number of rotatable bonds is 7. The zero-order valence-corrected chi connectivity index (χ0v) is 12.8. The lowest BCUT2D eigenvalue weighted by molar-refractivity contribution is 0.0761. The Labute approximate surface area is 108 Å². The predicted octanol–water partition coefficient (Wildman–Crippen LogP) is 4.99. The average molecular weight is 241 g/mol. The smallest absolute Gasteiger partial charge is 0.0518 e. The number of hydrogen-bond donors (Lipinski definition) is 0. The molecule has 0 radical (unpaired) electrons. The van der Waals surface area contributed by atoms with Gasteiger partial charge in [-0.3, -0.25) is 4.99 Å². The van der Waals surface area contributed by atoms with Crippen molar-refractivity contribution in [2.75, 3.05) is 6.61 Å². The van der Waals surface area contributed by atoms with Crippen molar-refractivity contribution >= 4 is 6.21 Å². The lowest BCUT2D eigenvalue weighted by Crippen LogP contribution is -2.03. The Hall–Kier alpha value is -0.630. The lowest BCUT2D eigenvalue weighted by Gasteiger charge is -2.07. The van der Waals surface area contributed by atoms with Crippen LogP contribution in [0.1, 0.15) is 67.7 Å². The van der Waals surface area contributed by atoms with Crippen molar-refractivity contribution in [1.29, 1.82) is 0 Å². The minimum absolute atomic E-state index is 0.349. The van der Waals surface area contributed by atoms with Gasteiger partial charge in [-0.1, -0.05) is 19.4 Å². The highest BCUT2D eigenvalue weighted by Crippen LogP contribution is 2.13. The Morgan fingerprint density at radius 3 is 2.18 bits per heavy atom. The van der Waals surface area contributed by atoms with E-state index in [0.29, 0.717) is 6.10 Å². The molecule has 17 heavy (non-hydrogen) atoms. The van der Waals surface area contributed by atoms with Crippen molar-refractivity contribution in [3.05, 3.63) is 11.3 Å². The van der Waals surface area contributed by atoms with E-state index in [1.54, 1.807) is 0 Å². The first-order chi connectivity index (χ1) is 8.07. The molecule has 0 aromatic carbocycles. The Balaban J connectivity index is 0. The molecule has 0 heterocycles. The zero-order chi connectivity index (χ0) is 13.7. The summed E-state index contributed by atoms with van der Waals surface area (Å²) in [5, 5.41) is 0. The molecule has 0 aromatic rings. The zero-order valence-electron chi connectivity index (χ0n) is 12.8. The highest BCUT2D eigenvalue weighted by molar-refractivity contribution is 5.55. The van der Waals surface area contributed by atoms with Crippen molar-refractivity contribution in [2.45, 2.75) is 73.8 Å². The maximum absolute atomic E-state index is 5.49. The summed E-state index contributed by atoms with van der Waals surface area (Å²) >= 11 is 0. The van der Waals surface area contributed by atoms with Crippen LogP contribution < -0.4 is 0 Å². The molecule has 0 bridgehead atoms. The first-order valence-electron chi connectivity index (χ1n) is 6.84. The first-order valence-corrected chi connectivity index (χ1v) is 6.84. The van der Waals surface area contributed by atoms with E-state index < -0.39 is 0 Å². The molecule has 0 saturated carbocycles. The van der Waals surface area contributed by atoms with Crippen LogP contribution in [0.4, 0.5) is 0 Å². The molecular formula is C15H31NO. The molecular weight excluding hydrogens is 210 g/mol. The van der Waals surface area contributed by atoms with Crippen molar-refractivity contribution < 1.29 is 4.74 Å². The van der Waals surface area contributed by atoms with Gasteiger partial charge in [0.1, 0.15) is 0 Å². The highest BCUT2D eigenvalue weighted by atomic mass is 16.5. The summed E-state index contributed by atoms with van der Waals surface area (Å²) < 4.78 is 5.49. The van der Waals surface area contributed by atoms with Crippen LogP contribution in [0.2, 0.25) is 0 Å². The van der Waals surface area contributed by atoms with E-state index in [4.69, 9.17) is 4.74 Å². The molecule has 0 fully saturated rings. The number of hydrogen-bond acceptors (Lipinski definition) is 2. The molecule has 0 saturated heterocycles. The Kier molecular flexibility index (Phi) is 14.8. The largest absolute Gasteiger partial charge is 0.379 e. The van der Waals surface area contributed by atoms with E-state index in [0.717, 1.165) is 25.9 Å². The maximum atomic E-state index is 5.49. The lowest BCUT2D eigenvalue weighted by atomic mass is 10.1. The topological polar surface area (TPSA) is 21.6 Å². The van der Waals surface area contributed by atoms with Gasteiger partial charge >= 0.3 is 0 Å². The molecule has 0 aliphatic rings. The number of allylic oxidation sites excluding steroid dienone is 2. The summed E-state index contributed by atoms with van der Waals surface area (Å²) in [6.07, 6.45) is 5.56. The van der Waals surface area contributed by atoms with Crippen LogP contribution in [-0.2, 0) is 4.74 Å². The molecule has 102 valence electrons. The van der Waals surface area contributed by atoms with Crippen molar-refractivity contribution in [3.63, 3.8) is 0 Å². The molecule has 0 aliphatic carbocycles. The van der Waals surface area contributed by atoms with E-state index in [9.17, 15) is 0 Å². The Bertz CT molecular complexity index is 213. The monoisotopic (exact) mass is 241 g/mol. The van der Waals surface area contributed by atoms with Gasteiger partial charge in [0.25, 0.3) is 0 Å². The van der Waals surface area contributed by atoms with E-state index >= 15 is 0 Å². The van der Waals surface area contributed by atoms with E-state index in [2.05, 4.69) is 32.7 Å². The number of unbranched alkanes of at least 4 members (excludes halogenated alkanes) is 1. The summed E-state index contributed by atoms with van der Waals surface area (Å²) in [5.41, 5.74) is 2.54. The summed E-state index contributed by atoms with van der Waals surface area (Å²) in [6.45, 7) is 15.2. The van der Waals surface area contributed by atoms with Gasteiger partial charge in [-0.25, -0.2) is 0 Å². The number of aliphatic imine (C=N–C) groups is 1. The molecule has 0 atom stereocenters. The second kappa shape index (κ2) is 13.4. The van der Waals surface area contributed by atoms with Crippen LogP contribution in [0, 0.1) is 0 Å². The summed E-state index contributed by atoms with van der Waals surface area (Å²) in [7, 11) is 0. The second-order valence-corrected chi connectivity index (χ2v) is 4.21. The highest BCUT2D eigenvalue weighted by Gasteiger charge is 1.98. The van der Waals surface area contributed by atoms with E-state index in [1.165, 1.54) is 11.3 Å². The van der Waals surface area contributed by atoms with Crippen LogP contribution >= 0.6 is 0 Å². The normalized spacial score (nSPS) is 10.4. The minimum Gasteiger partial charge on any atom is -0.379 e. The fourth-order valence-electron chi connectivity index (χ4n) is 1.31. The molecule has 0 rings (SSSR count). The van der Waals surface area contributed by atoms with Crippen molar-refractivity contribution in [2.24, 2.45) is 4.99 Å². The van der Waals surface area contributed by atoms with Gasteiger partial charge < -0.3 is 4.74 Å². The fourth-order valence-corrected chi connectivity index (χ4v) is 1.31. The number of nitrogens with zero attached hydrogens (tertiary/aromatic N) is 1. The van der Waals surface area contributed by atoms with Gasteiger partial charge in [-0.2, -0.15) is 0 Å². The third-order valence-electron chi connectivity index (χ3n) is 2.12. The van der Waals surface area contributed by atoms with Crippen LogP contribution in [0.3, 0.4) is 0 Å². The van der Waals surface area contributed by atoms with Gasteiger partial charge in [0.05, 0.1) is 6.10 Å². The van der Waals surface area contributed by atoms with Crippen LogP contribution in [0.5, 0.6) is 0 Å². The molecule has 0 spiro atoms. The van der Waals surface area contributed by atoms with Gasteiger partial charge in [0, 0.05) is 18.5 Å². The van der Waals surface area contributed by atoms with Crippen LogP contribution in [-0.4, -0.2) is 18.9 Å². The summed E-state index contributed by atoms with van der Waals surface area (Å²) in [4.78, 5) is 4.37. The average Bonchev–Trinajstić information content (AvgIpc) is 2.29. The fraction of sp³-hybridized carbons (Fsp3) is 0.800. The Morgan fingerprint density at radius 1 is 1.18 bits per heavy atom. The first kappa shape index (κ1) is 18.7. The summed E-state index contributed by atoms with van der Waals surface area (Å²) in [6, 6.07) is 0. The van der Waals surface area contributed by atoms with E-state index in [-0.39, 0.29) is 0 Å². The van der Waals surface area contributed by atoms with Crippen molar-refractivity contribution in [3.8, 4) is 0 Å². The van der Waals surface area contributed by atoms with Gasteiger partial charge in [0.15, 0.2) is 0 Å². The third-order valence-corrected chi connectivity index (χ3v) is 2.12. The van der Waals surface area contributed by atoms with Crippen LogP contribution in [0.25, 0.3) is 0 Å². The van der Waals surface area contributed by atoms with E-state index in [1.807, 2.05) is 27.0 Å². The summed E-state index contributed by atoms with van der Waals surface area (Å²) in [5.74, 6) is 0. The second-order valence-electron chi connectivity index (χ2n) is 4.21. The molecule has 0 unspecified atom stereocenters. The minimum atomic E-state index is 0.349. The number of ether oxygens (including phenoxy) is 1. The standard InChI is InChI=1S/C13H25NO.C2H6/c1-6-14-13(11(2)3)9-7-8-10-15-12(4)5;1-2/h6,12H,7-10H2,1-5H3;1-2H3. The molecule has 2 heteroatoms. The maximum Gasteiger partial charge on any atom is 0.0518 e. The van der Waals surface area contributed by atoms with Gasteiger partial charge in [0.2, 0.25) is 0 Å². The Morgan fingerprint density at radius 2 is 1.76 bits per heavy atom. The predicted molar refractivity (Wildman–Crippen MR) is 78.8 cm³/mol. The molecule has 0 amide bonds. The SMILES string of the molecule is CC.CC=NC(CCCCOC(C)C)=C(C)C. The van der Waals surface area contributed by atoms with Gasteiger partial charge in [-0.05, 0) is 53.9 Å².